The molecule has 2 aromatic rings. The second kappa shape index (κ2) is 10.4. The van der Waals surface area contributed by atoms with E-state index in [1.807, 2.05) is 36.4 Å². The molecule has 1 N–H and O–H groups in total. The summed E-state index contributed by atoms with van der Waals surface area (Å²) in [5.74, 6) is 0. The fourth-order valence-electron chi connectivity index (χ4n) is 3.26. The molecule has 1 fully saturated rings. The topological polar surface area (TPSA) is 39.7 Å². The second-order valence-corrected chi connectivity index (χ2v) is 14.9. The molecule has 1 unspecified atom stereocenters. The van der Waals surface area contributed by atoms with Crippen LogP contribution in [0, 0.1) is 0 Å². The van der Waals surface area contributed by atoms with Crippen LogP contribution in [0.25, 0.3) is 0 Å². The zero-order valence-electron chi connectivity index (χ0n) is 19.3. The third-order valence-corrected chi connectivity index (χ3v) is 11.1. The highest BCUT2D eigenvalue weighted by Crippen LogP contribution is 2.37. The Kier molecular flexibility index (Phi) is 8.05. The molecular weight excluding hydrogens is 422 g/mol. The van der Waals surface area contributed by atoms with E-state index in [1.165, 1.54) is 0 Å². The molecule has 1 saturated heterocycles. The Morgan fingerprint density at radius 3 is 1.90 bits per heavy atom. The maximum atomic E-state index is 6.50. The molecule has 0 radical (unpaired) electrons. The number of hydrogen-bond donors (Lipinski definition) is 1. The smallest absolute Gasteiger partial charge is 0.192 e. The Labute approximate surface area is 193 Å². The van der Waals surface area contributed by atoms with E-state index in [0.29, 0.717) is 24.8 Å². The van der Waals surface area contributed by atoms with Crippen LogP contribution >= 0.6 is 12.2 Å². The van der Waals surface area contributed by atoms with Gasteiger partial charge in [-0.1, -0.05) is 93.7 Å². The van der Waals surface area contributed by atoms with Crippen molar-refractivity contribution in [3.05, 3.63) is 71.8 Å². The zero-order chi connectivity index (χ0) is 22.5. The minimum Gasteiger partial charge on any atom is -0.415 e. The van der Waals surface area contributed by atoms with Crippen LogP contribution in [0.1, 0.15) is 31.9 Å². The monoisotopic (exact) mass is 457 g/mol. The molecule has 1 aliphatic rings. The van der Waals surface area contributed by atoms with Gasteiger partial charge in [-0.25, -0.2) is 0 Å². The highest BCUT2D eigenvalue weighted by atomic mass is 32.1. The lowest BCUT2D eigenvalue weighted by atomic mass is 10.1. The van der Waals surface area contributed by atoms with Gasteiger partial charge in [0.15, 0.2) is 8.32 Å². The Balaban J connectivity index is 1.70. The van der Waals surface area contributed by atoms with Crippen molar-refractivity contribution < 1.29 is 13.9 Å². The molecule has 0 aromatic heterocycles. The Morgan fingerprint density at radius 1 is 0.871 bits per heavy atom. The van der Waals surface area contributed by atoms with Gasteiger partial charge in [0.05, 0.1) is 25.9 Å². The van der Waals surface area contributed by atoms with E-state index in [2.05, 4.69) is 63.4 Å². The summed E-state index contributed by atoms with van der Waals surface area (Å²) in [4.78, 5) is 0.692. The number of ether oxygens (including phenoxy) is 2. The van der Waals surface area contributed by atoms with Crippen LogP contribution in [0.15, 0.2) is 60.7 Å². The Hall–Kier alpha value is -1.57. The fraction of sp³-hybridized carbons (Fsp3) is 0.480. The van der Waals surface area contributed by atoms with Gasteiger partial charge in [0.25, 0.3) is 0 Å². The third-order valence-electron chi connectivity index (χ3n) is 6.27. The molecular formula is C25H35NO3SSi. The minimum atomic E-state index is -1.88. The predicted octanol–water partition coefficient (Wildman–Crippen LogP) is 5.48. The molecule has 2 aromatic carbocycles. The van der Waals surface area contributed by atoms with Gasteiger partial charge in [0, 0.05) is 0 Å². The summed E-state index contributed by atoms with van der Waals surface area (Å²) in [6, 6.07) is 20.3. The maximum Gasteiger partial charge on any atom is 0.192 e. The van der Waals surface area contributed by atoms with E-state index in [9.17, 15) is 0 Å². The summed E-state index contributed by atoms with van der Waals surface area (Å²) < 4.78 is 19.1. The molecule has 31 heavy (non-hydrogen) atoms. The van der Waals surface area contributed by atoms with E-state index in [-0.39, 0.29) is 23.3 Å². The average Bonchev–Trinajstić information content (AvgIpc) is 3.04. The van der Waals surface area contributed by atoms with Crippen molar-refractivity contribution in [3.63, 3.8) is 0 Å². The lowest BCUT2D eigenvalue weighted by Crippen LogP contribution is -2.47. The summed E-state index contributed by atoms with van der Waals surface area (Å²) in [5, 5.41) is 3.58. The first kappa shape index (κ1) is 24.1. The lowest BCUT2D eigenvalue weighted by molar-refractivity contribution is -0.0610. The normalized spacial score (nSPS) is 21.8. The molecule has 1 aliphatic heterocycles. The van der Waals surface area contributed by atoms with Crippen molar-refractivity contribution in [1.29, 1.82) is 0 Å². The van der Waals surface area contributed by atoms with E-state index in [1.54, 1.807) is 0 Å². The standard InChI is InChI=1S/C25H35NO3SSi/c1-25(2,3)31(4,5)29-18-21-22(27-16-19-12-8-6-9-13-19)23(24(30)26-21)28-17-20-14-10-7-11-15-20/h6-15,21-23H,16-18H2,1-5H3,(H,26,30)/t21?,22-,23+/m1/s1. The second-order valence-electron chi connectivity index (χ2n) is 9.66. The van der Waals surface area contributed by atoms with Gasteiger partial charge in [-0.05, 0) is 29.3 Å². The molecule has 0 bridgehead atoms. The first-order valence-corrected chi connectivity index (χ1v) is 14.2. The van der Waals surface area contributed by atoms with Gasteiger partial charge >= 0.3 is 0 Å². The molecule has 3 rings (SSSR count). The first-order chi connectivity index (χ1) is 14.7. The van der Waals surface area contributed by atoms with Gasteiger partial charge < -0.3 is 19.2 Å². The zero-order valence-corrected chi connectivity index (χ0v) is 21.1. The van der Waals surface area contributed by atoms with Crippen molar-refractivity contribution in [2.24, 2.45) is 0 Å². The van der Waals surface area contributed by atoms with Crippen LogP contribution in [-0.2, 0) is 27.1 Å². The van der Waals surface area contributed by atoms with Crippen molar-refractivity contribution in [2.75, 3.05) is 6.61 Å². The predicted molar refractivity (Wildman–Crippen MR) is 133 cm³/mol. The van der Waals surface area contributed by atoms with E-state index >= 15 is 0 Å². The summed E-state index contributed by atoms with van der Waals surface area (Å²) >= 11 is 5.66. The SMILES string of the molecule is CC(C)(C)[Si](C)(C)OCC1NC(=S)[C@@H](OCc2ccccc2)[C@@H]1OCc1ccccc1. The van der Waals surface area contributed by atoms with Crippen LogP contribution in [-0.4, -0.2) is 38.2 Å². The van der Waals surface area contributed by atoms with Crippen molar-refractivity contribution in [1.82, 2.24) is 5.32 Å². The van der Waals surface area contributed by atoms with Crippen LogP contribution in [0.5, 0.6) is 0 Å². The summed E-state index contributed by atoms with van der Waals surface area (Å²) in [6.07, 6.45) is -0.506. The lowest BCUT2D eigenvalue weighted by Gasteiger charge is -2.37. The summed E-state index contributed by atoms with van der Waals surface area (Å²) in [5.41, 5.74) is 2.25. The van der Waals surface area contributed by atoms with Crippen LogP contribution in [0.4, 0.5) is 0 Å². The fourth-order valence-corrected chi connectivity index (χ4v) is 4.64. The molecule has 168 valence electrons. The summed E-state index contributed by atoms with van der Waals surface area (Å²) in [7, 11) is -1.88. The number of hydrogen-bond acceptors (Lipinski definition) is 4. The van der Waals surface area contributed by atoms with Gasteiger partial charge in [-0.15, -0.1) is 0 Å². The molecule has 4 nitrogen and oxygen atoms in total. The van der Waals surface area contributed by atoms with Gasteiger partial charge in [-0.3, -0.25) is 0 Å². The molecule has 3 atom stereocenters. The van der Waals surface area contributed by atoms with E-state index < -0.39 is 8.32 Å². The third kappa shape index (κ3) is 6.46. The average molecular weight is 458 g/mol. The Morgan fingerprint density at radius 2 is 1.39 bits per heavy atom. The van der Waals surface area contributed by atoms with Gasteiger partial charge in [0.1, 0.15) is 17.2 Å². The quantitative estimate of drug-likeness (QED) is 0.399. The number of benzene rings is 2. The van der Waals surface area contributed by atoms with Crippen molar-refractivity contribution in [3.8, 4) is 0 Å². The minimum absolute atomic E-state index is 0.0360. The molecule has 0 saturated carbocycles. The van der Waals surface area contributed by atoms with Crippen LogP contribution in [0.3, 0.4) is 0 Å². The highest BCUT2D eigenvalue weighted by molar-refractivity contribution is 7.80. The molecule has 1 heterocycles. The largest absolute Gasteiger partial charge is 0.415 e. The van der Waals surface area contributed by atoms with Crippen molar-refractivity contribution >= 4 is 25.5 Å². The molecule has 0 aliphatic carbocycles. The molecule has 0 amide bonds. The van der Waals surface area contributed by atoms with Gasteiger partial charge in [0.2, 0.25) is 0 Å². The number of rotatable bonds is 9. The number of thiocarbonyl (C=S) groups is 1. The molecule has 6 heteroatoms. The Bertz CT molecular complexity index is 839. The van der Waals surface area contributed by atoms with E-state index in [4.69, 9.17) is 26.1 Å². The first-order valence-electron chi connectivity index (χ1n) is 10.9. The molecule has 0 spiro atoms. The number of nitrogens with one attached hydrogen (secondary N) is 1. The van der Waals surface area contributed by atoms with Crippen LogP contribution < -0.4 is 5.32 Å². The summed E-state index contributed by atoms with van der Waals surface area (Å²) in [6.45, 7) is 12.9. The van der Waals surface area contributed by atoms with Gasteiger partial charge in [-0.2, -0.15) is 0 Å². The van der Waals surface area contributed by atoms with Crippen molar-refractivity contribution in [2.45, 2.75) is 70.4 Å². The van der Waals surface area contributed by atoms with E-state index in [0.717, 1.165) is 11.1 Å². The maximum absolute atomic E-state index is 6.50. The van der Waals surface area contributed by atoms with Crippen LogP contribution in [0.2, 0.25) is 18.1 Å². The highest BCUT2D eigenvalue weighted by Gasteiger charge is 2.44.